The predicted molar refractivity (Wildman–Crippen MR) is 363 cm³/mol. The lowest BCUT2D eigenvalue weighted by Gasteiger charge is -2.21. The van der Waals surface area contributed by atoms with Gasteiger partial charge in [-0.2, -0.15) is 0 Å². The van der Waals surface area contributed by atoms with Crippen molar-refractivity contribution in [3.05, 3.63) is 0 Å². The molecule has 0 rings (SSSR count). The van der Waals surface area contributed by atoms with Gasteiger partial charge in [-0.05, 0) is 49.4 Å². The molecular formula is C71H138O17P2. The molecule has 0 aliphatic carbocycles. The molecule has 4 unspecified atom stereocenters. The number of aliphatic hydroxyl groups excluding tert-OH is 1. The minimum absolute atomic E-state index is 0.103. The molecular weight excluding hydrogens is 1190 g/mol. The van der Waals surface area contributed by atoms with E-state index in [-0.39, 0.29) is 25.7 Å². The summed E-state index contributed by atoms with van der Waals surface area (Å²) in [6.07, 6.45) is 43.1. The van der Waals surface area contributed by atoms with Gasteiger partial charge in [-0.25, -0.2) is 9.13 Å². The molecule has 90 heavy (non-hydrogen) atoms. The molecule has 0 amide bonds. The summed E-state index contributed by atoms with van der Waals surface area (Å²) in [5, 5.41) is 10.6. The second-order valence-corrected chi connectivity index (χ2v) is 30.2. The van der Waals surface area contributed by atoms with Crippen molar-refractivity contribution >= 4 is 39.5 Å². The number of phosphoric ester groups is 2. The van der Waals surface area contributed by atoms with Crippen molar-refractivity contribution in [2.24, 2.45) is 23.7 Å². The second kappa shape index (κ2) is 60.7. The van der Waals surface area contributed by atoms with Crippen LogP contribution in [0.2, 0.25) is 0 Å². The van der Waals surface area contributed by atoms with Gasteiger partial charge in [0.15, 0.2) is 12.2 Å². The number of rotatable bonds is 68. The third kappa shape index (κ3) is 63.5. The Morgan fingerprint density at radius 1 is 0.311 bits per heavy atom. The number of hydrogen-bond acceptors (Lipinski definition) is 15. The van der Waals surface area contributed by atoms with Crippen LogP contribution in [-0.2, 0) is 65.4 Å². The van der Waals surface area contributed by atoms with Gasteiger partial charge in [-0.15, -0.1) is 0 Å². The first-order valence-electron chi connectivity index (χ1n) is 36.7. The Labute approximate surface area is 549 Å². The van der Waals surface area contributed by atoms with Gasteiger partial charge in [-0.1, -0.05) is 299 Å². The lowest BCUT2D eigenvalue weighted by molar-refractivity contribution is -0.161. The van der Waals surface area contributed by atoms with Crippen LogP contribution < -0.4 is 0 Å². The fraction of sp³-hybridized carbons (Fsp3) is 0.944. The van der Waals surface area contributed by atoms with E-state index in [9.17, 15) is 43.2 Å². The molecule has 0 spiro atoms. The Hall–Kier alpha value is -1.94. The Balaban J connectivity index is 5.26. The zero-order chi connectivity index (χ0) is 66.8. The van der Waals surface area contributed by atoms with Gasteiger partial charge < -0.3 is 33.8 Å². The summed E-state index contributed by atoms with van der Waals surface area (Å²) in [4.78, 5) is 72.6. The molecule has 0 heterocycles. The molecule has 6 atom stereocenters. The number of hydrogen-bond donors (Lipinski definition) is 3. The summed E-state index contributed by atoms with van der Waals surface area (Å²) < 4.78 is 68.3. The van der Waals surface area contributed by atoms with Gasteiger partial charge in [0, 0.05) is 25.7 Å². The van der Waals surface area contributed by atoms with Crippen LogP contribution in [0, 0.1) is 23.7 Å². The van der Waals surface area contributed by atoms with Crippen LogP contribution in [0.4, 0.5) is 0 Å². The Kier molecular flexibility index (Phi) is 59.4. The maximum atomic E-state index is 13.0. The number of carbonyl (C=O) groups is 4. The number of phosphoric acid groups is 2. The van der Waals surface area contributed by atoms with Crippen molar-refractivity contribution < 1.29 is 80.2 Å². The second-order valence-electron chi connectivity index (χ2n) is 27.3. The zero-order valence-corrected chi connectivity index (χ0v) is 60.6. The van der Waals surface area contributed by atoms with Crippen LogP contribution in [0.15, 0.2) is 0 Å². The predicted octanol–water partition coefficient (Wildman–Crippen LogP) is 20.1. The maximum Gasteiger partial charge on any atom is 0.472 e. The maximum absolute atomic E-state index is 13.0. The molecule has 0 aromatic rings. The van der Waals surface area contributed by atoms with Crippen molar-refractivity contribution in [3.63, 3.8) is 0 Å². The largest absolute Gasteiger partial charge is 0.472 e. The SMILES string of the molecule is CCC(C)CCCCCCCCCCC(=O)OC[C@H](COP(=O)(O)OCC(O)COP(=O)(O)OC[C@@H](COC(=O)CCCCCCCCCCC(C)C)OC(=O)CCCCCCCCCCC(C)C)OC(=O)CCCCCCCCCCCCCCCC(C)C. The first-order valence-corrected chi connectivity index (χ1v) is 39.7. The molecule has 0 aromatic heterocycles. The van der Waals surface area contributed by atoms with Crippen molar-refractivity contribution in [1.29, 1.82) is 0 Å². The van der Waals surface area contributed by atoms with Crippen LogP contribution in [-0.4, -0.2) is 96.7 Å². The van der Waals surface area contributed by atoms with Crippen LogP contribution in [0.3, 0.4) is 0 Å². The van der Waals surface area contributed by atoms with E-state index >= 15 is 0 Å². The highest BCUT2D eigenvalue weighted by Crippen LogP contribution is 2.45. The minimum atomic E-state index is -4.95. The molecule has 0 fully saturated rings. The highest BCUT2D eigenvalue weighted by atomic mass is 31.2. The standard InChI is InChI=1S/C71H138O17P2/c1-9-64(8)50-42-34-26-19-22-28-36-44-52-69(74)82-57-66(87-70(75)53-45-37-29-16-14-12-10-11-13-15-23-31-39-47-61(2)3)59-85-89(77,78)83-55-65(72)56-84-90(79,80)86-60-67(88-71(76)54-46-38-30-21-18-25-33-41-49-63(6)7)58-81-68(73)51-43-35-27-20-17-24-32-40-48-62(4)5/h61-67,72H,9-60H2,1-8H3,(H,77,78)(H,79,80)/t64?,65?,66-,67-/m1/s1. The van der Waals surface area contributed by atoms with Crippen molar-refractivity contribution in [2.75, 3.05) is 39.6 Å². The van der Waals surface area contributed by atoms with Gasteiger partial charge in [0.05, 0.1) is 26.4 Å². The van der Waals surface area contributed by atoms with E-state index in [4.69, 9.17) is 37.0 Å². The molecule has 0 bridgehead atoms. The number of carbonyl (C=O) groups excluding carboxylic acids is 4. The molecule has 0 aliphatic heterocycles. The fourth-order valence-corrected chi connectivity index (χ4v) is 12.2. The molecule has 0 saturated carbocycles. The summed E-state index contributed by atoms with van der Waals surface area (Å²) in [5.74, 6) is 0.879. The summed E-state index contributed by atoms with van der Waals surface area (Å²) in [7, 11) is -9.90. The normalized spacial score (nSPS) is 14.6. The summed E-state index contributed by atoms with van der Waals surface area (Å²) in [5.41, 5.74) is 0. The van der Waals surface area contributed by atoms with E-state index in [1.165, 1.54) is 154 Å². The van der Waals surface area contributed by atoms with Crippen molar-refractivity contribution in [2.45, 2.75) is 369 Å². The number of esters is 4. The van der Waals surface area contributed by atoms with Gasteiger partial charge >= 0.3 is 39.5 Å². The number of ether oxygens (including phenoxy) is 4. The first-order chi connectivity index (χ1) is 43.1. The van der Waals surface area contributed by atoms with E-state index in [0.29, 0.717) is 25.7 Å². The van der Waals surface area contributed by atoms with E-state index in [2.05, 4.69) is 55.4 Å². The molecule has 3 N–H and O–H groups in total. The van der Waals surface area contributed by atoms with Crippen LogP contribution in [0.1, 0.15) is 351 Å². The lowest BCUT2D eigenvalue weighted by atomic mass is 9.99. The van der Waals surface area contributed by atoms with Gasteiger partial charge in [0.2, 0.25) is 0 Å². The number of aliphatic hydroxyl groups is 1. The average Bonchev–Trinajstić information content (AvgIpc) is 3.42. The van der Waals surface area contributed by atoms with E-state index in [0.717, 1.165) is 114 Å². The van der Waals surface area contributed by atoms with Crippen molar-refractivity contribution in [3.8, 4) is 0 Å². The molecule has 0 aromatic carbocycles. The summed E-state index contributed by atoms with van der Waals surface area (Å²) in [6.45, 7) is 14.1. The van der Waals surface area contributed by atoms with E-state index < -0.39 is 97.5 Å². The molecule has 0 radical (unpaired) electrons. The van der Waals surface area contributed by atoms with Gasteiger partial charge in [0.25, 0.3) is 0 Å². The van der Waals surface area contributed by atoms with Crippen LogP contribution in [0.5, 0.6) is 0 Å². The smallest absolute Gasteiger partial charge is 0.462 e. The fourth-order valence-electron chi connectivity index (χ4n) is 10.6. The van der Waals surface area contributed by atoms with Crippen LogP contribution in [0.25, 0.3) is 0 Å². The first kappa shape index (κ1) is 88.1. The Morgan fingerprint density at radius 3 is 0.789 bits per heavy atom. The van der Waals surface area contributed by atoms with Crippen molar-refractivity contribution in [1.82, 2.24) is 0 Å². The molecule has 17 nitrogen and oxygen atoms in total. The highest BCUT2D eigenvalue weighted by molar-refractivity contribution is 7.47. The monoisotopic (exact) mass is 1320 g/mol. The average molecular weight is 1330 g/mol. The summed E-state index contributed by atoms with van der Waals surface area (Å²) in [6, 6.07) is 0. The van der Waals surface area contributed by atoms with E-state index in [1.807, 2.05) is 0 Å². The van der Waals surface area contributed by atoms with Gasteiger partial charge in [-0.3, -0.25) is 37.3 Å². The molecule has 0 saturated heterocycles. The third-order valence-corrected chi connectivity index (χ3v) is 18.6. The lowest BCUT2D eigenvalue weighted by Crippen LogP contribution is -2.30. The molecule has 19 heteroatoms. The Morgan fingerprint density at radius 2 is 0.533 bits per heavy atom. The zero-order valence-electron chi connectivity index (χ0n) is 58.8. The highest BCUT2D eigenvalue weighted by Gasteiger charge is 2.30. The quantitative estimate of drug-likeness (QED) is 0.0222. The number of unbranched alkanes of at least 4 members (excludes halogenated alkanes) is 33. The summed E-state index contributed by atoms with van der Waals surface area (Å²) >= 11 is 0. The van der Waals surface area contributed by atoms with Crippen LogP contribution >= 0.6 is 15.6 Å². The molecule has 534 valence electrons. The van der Waals surface area contributed by atoms with E-state index in [1.54, 1.807) is 0 Å². The Bertz CT molecular complexity index is 1780. The van der Waals surface area contributed by atoms with Gasteiger partial charge in [0.1, 0.15) is 19.3 Å². The molecule has 0 aliphatic rings. The topological polar surface area (TPSA) is 237 Å². The minimum Gasteiger partial charge on any atom is -0.462 e. The third-order valence-electron chi connectivity index (χ3n) is 16.7.